The molecule has 0 unspecified atom stereocenters. The van der Waals surface area contributed by atoms with Gasteiger partial charge in [0, 0.05) is 11.9 Å². The van der Waals surface area contributed by atoms with E-state index in [4.69, 9.17) is 0 Å². The van der Waals surface area contributed by atoms with E-state index in [1.807, 2.05) is 0 Å². The molecular weight excluding hydrogens is 382 g/mol. The molecule has 0 radical (unpaired) electrons. The highest BCUT2D eigenvalue weighted by molar-refractivity contribution is 5.67. The molecule has 0 aromatic heterocycles. The number of carboxylic acids is 1. The number of allylic oxidation sites excluding steroid dienone is 2. The molecule has 0 aliphatic heterocycles. The number of hydrogen-bond donors (Lipinski definition) is 0. The second-order valence-electron chi connectivity index (χ2n) is 10.8. The monoisotopic (exact) mass is 435 g/mol. The predicted octanol–water partition coefficient (Wildman–Crippen LogP) is 6.66. The van der Waals surface area contributed by atoms with E-state index in [0.717, 1.165) is 30.2 Å². The molecule has 1 fully saturated rings. The number of quaternary nitrogens is 1. The molecular formula is C28H53NO2. The fraction of sp³-hybridized carbons (Fsp3) is 0.893. The minimum atomic E-state index is -0.837. The standard InChI is InChI=1S/C28H53NO2/c1-4-5-6-7-8-9-10-11-12-13-14-15-16-17-18-19-24-29(2,3)25-26-20-22-27(23-21-26)28(30)31/h11-12,26-27H,4-10,13-25H2,1-3H3/b12-11+. The average molecular weight is 436 g/mol. The molecule has 0 aromatic carbocycles. The SMILES string of the molecule is CCCCCCCC/C=C/CCCCCCCC[N+](C)(C)CC1CCC(C(=O)[O-])CC1. The van der Waals surface area contributed by atoms with E-state index in [0.29, 0.717) is 5.92 Å². The number of carbonyl (C=O) groups is 1. The molecule has 1 saturated carbocycles. The Kier molecular flexibility index (Phi) is 16.1. The highest BCUT2D eigenvalue weighted by Crippen LogP contribution is 2.30. The molecule has 3 nitrogen and oxygen atoms in total. The summed E-state index contributed by atoms with van der Waals surface area (Å²) in [6.07, 6.45) is 27.6. The second-order valence-corrected chi connectivity index (χ2v) is 10.8. The molecule has 0 spiro atoms. The van der Waals surface area contributed by atoms with Crippen molar-refractivity contribution >= 4 is 5.97 Å². The molecule has 0 atom stereocenters. The Balaban J connectivity index is 1.91. The van der Waals surface area contributed by atoms with E-state index in [1.165, 1.54) is 103 Å². The molecule has 0 N–H and O–H groups in total. The van der Waals surface area contributed by atoms with Crippen LogP contribution in [-0.2, 0) is 4.79 Å². The van der Waals surface area contributed by atoms with Crippen molar-refractivity contribution < 1.29 is 14.4 Å². The van der Waals surface area contributed by atoms with Crippen LogP contribution in [0.25, 0.3) is 0 Å². The first-order valence-electron chi connectivity index (χ1n) is 13.6. The number of carboxylic acid groups (broad SMARTS) is 1. The first-order valence-corrected chi connectivity index (χ1v) is 13.6. The quantitative estimate of drug-likeness (QED) is 0.129. The van der Waals surface area contributed by atoms with E-state index in [9.17, 15) is 9.90 Å². The molecule has 31 heavy (non-hydrogen) atoms. The summed E-state index contributed by atoms with van der Waals surface area (Å²) in [5.74, 6) is -0.334. The highest BCUT2D eigenvalue weighted by Gasteiger charge is 2.27. The summed E-state index contributed by atoms with van der Waals surface area (Å²) in [6.45, 7) is 4.73. The number of carbonyl (C=O) groups excluding carboxylic acids is 1. The Hall–Kier alpha value is -0.830. The summed E-state index contributed by atoms with van der Waals surface area (Å²) in [7, 11) is 4.70. The summed E-state index contributed by atoms with van der Waals surface area (Å²) in [5.41, 5.74) is 0. The van der Waals surface area contributed by atoms with Gasteiger partial charge in [0.2, 0.25) is 0 Å². The first kappa shape index (κ1) is 28.2. The van der Waals surface area contributed by atoms with Gasteiger partial charge in [0.05, 0.1) is 27.2 Å². The van der Waals surface area contributed by atoms with Gasteiger partial charge in [-0.2, -0.15) is 0 Å². The third kappa shape index (κ3) is 15.6. The number of rotatable bonds is 19. The van der Waals surface area contributed by atoms with Crippen molar-refractivity contribution in [2.24, 2.45) is 11.8 Å². The van der Waals surface area contributed by atoms with Crippen molar-refractivity contribution in [3.8, 4) is 0 Å². The van der Waals surface area contributed by atoms with E-state index >= 15 is 0 Å². The highest BCUT2D eigenvalue weighted by atomic mass is 16.4. The van der Waals surface area contributed by atoms with Crippen molar-refractivity contribution in [3.63, 3.8) is 0 Å². The summed E-state index contributed by atoms with van der Waals surface area (Å²) < 4.78 is 1.09. The van der Waals surface area contributed by atoms with Gasteiger partial charge in [0.1, 0.15) is 0 Å². The van der Waals surface area contributed by atoms with E-state index in [-0.39, 0.29) is 5.92 Å². The van der Waals surface area contributed by atoms with Crippen LogP contribution >= 0.6 is 0 Å². The van der Waals surface area contributed by atoms with Gasteiger partial charge in [-0.1, -0.05) is 70.4 Å². The summed E-state index contributed by atoms with van der Waals surface area (Å²) in [4.78, 5) is 11.0. The van der Waals surface area contributed by atoms with Gasteiger partial charge in [0.25, 0.3) is 0 Å². The maximum Gasteiger partial charge on any atom is 0.0811 e. The van der Waals surface area contributed by atoms with Crippen molar-refractivity contribution in [1.82, 2.24) is 0 Å². The third-order valence-corrected chi connectivity index (χ3v) is 7.21. The number of nitrogens with zero attached hydrogens (tertiary/aromatic N) is 1. The fourth-order valence-electron chi connectivity index (χ4n) is 5.16. The average Bonchev–Trinajstić information content (AvgIpc) is 2.73. The minimum absolute atomic E-state index is 0.192. The molecule has 0 amide bonds. The summed E-state index contributed by atoms with van der Waals surface area (Å²) >= 11 is 0. The maximum absolute atomic E-state index is 11.0. The van der Waals surface area contributed by atoms with Crippen molar-refractivity contribution in [2.75, 3.05) is 27.2 Å². The van der Waals surface area contributed by atoms with Crippen molar-refractivity contribution in [1.29, 1.82) is 0 Å². The van der Waals surface area contributed by atoms with Gasteiger partial charge in [0.15, 0.2) is 0 Å². The zero-order chi connectivity index (χ0) is 22.8. The van der Waals surface area contributed by atoms with Crippen LogP contribution in [0.2, 0.25) is 0 Å². The maximum atomic E-state index is 11.0. The molecule has 1 aliphatic rings. The Morgan fingerprint density at radius 1 is 0.774 bits per heavy atom. The first-order chi connectivity index (χ1) is 14.9. The number of aliphatic carboxylic acids is 1. The molecule has 3 heteroatoms. The summed E-state index contributed by atoms with van der Waals surface area (Å²) in [5, 5.41) is 11.0. The van der Waals surface area contributed by atoms with Gasteiger partial charge in [-0.05, 0) is 70.1 Å². The van der Waals surface area contributed by atoms with Gasteiger partial charge < -0.3 is 14.4 Å². The molecule has 1 rings (SSSR count). The molecule has 0 saturated heterocycles. The normalized spacial score (nSPS) is 19.8. The Bertz CT molecular complexity index is 464. The lowest BCUT2D eigenvalue weighted by Crippen LogP contribution is -2.45. The number of hydrogen-bond acceptors (Lipinski definition) is 2. The summed E-state index contributed by atoms with van der Waals surface area (Å²) in [6, 6.07) is 0. The Morgan fingerprint density at radius 3 is 1.77 bits per heavy atom. The van der Waals surface area contributed by atoms with Crippen LogP contribution in [0.4, 0.5) is 0 Å². The van der Waals surface area contributed by atoms with Crippen LogP contribution in [0.5, 0.6) is 0 Å². The van der Waals surface area contributed by atoms with Crippen LogP contribution in [0.15, 0.2) is 12.2 Å². The van der Waals surface area contributed by atoms with Crippen molar-refractivity contribution in [3.05, 3.63) is 12.2 Å². The predicted molar refractivity (Wildman–Crippen MR) is 132 cm³/mol. The van der Waals surface area contributed by atoms with Gasteiger partial charge in [-0.25, -0.2) is 0 Å². The lowest BCUT2D eigenvalue weighted by atomic mass is 9.81. The Morgan fingerprint density at radius 2 is 1.26 bits per heavy atom. The van der Waals surface area contributed by atoms with Crippen LogP contribution < -0.4 is 5.11 Å². The van der Waals surface area contributed by atoms with Crippen molar-refractivity contribution in [2.45, 2.75) is 122 Å². The second kappa shape index (κ2) is 17.7. The van der Waals surface area contributed by atoms with Gasteiger partial charge in [-0.15, -0.1) is 0 Å². The van der Waals surface area contributed by atoms with Crippen LogP contribution in [-0.4, -0.2) is 37.6 Å². The van der Waals surface area contributed by atoms with Crippen LogP contribution in [0.3, 0.4) is 0 Å². The molecule has 182 valence electrons. The largest absolute Gasteiger partial charge is 0.550 e. The van der Waals surface area contributed by atoms with Crippen LogP contribution in [0.1, 0.15) is 122 Å². The molecule has 1 aliphatic carbocycles. The lowest BCUT2D eigenvalue weighted by Gasteiger charge is -2.36. The van der Waals surface area contributed by atoms with Gasteiger partial charge in [-0.3, -0.25) is 0 Å². The molecule has 0 heterocycles. The molecule has 0 bridgehead atoms. The fourth-order valence-corrected chi connectivity index (χ4v) is 5.16. The van der Waals surface area contributed by atoms with Gasteiger partial charge >= 0.3 is 0 Å². The van der Waals surface area contributed by atoms with E-state index in [2.05, 4.69) is 33.2 Å². The zero-order valence-electron chi connectivity index (χ0n) is 21.2. The zero-order valence-corrected chi connectivity index (χ0v) is 21.2. The van der Waals surface area contributed by atoms with Crippen LogP contribution in [0, 0.1) is 11.8 Å². The van der Waals surface area contributed by atoms with E-state index in [1.54, 1.807) is 0 Å². The lowest BCUT2D eigenvalue weighted by molar-refractivity contribution is -0.894. The smallest absolute Gasteiger partial charge is 0.0811 e. The number of unbranched alkanes of at least 4 members (excludes halogenated alkanes) is 12. The third-order valence-electron chi connectivity index (χ3n) is 7.21. The topological polar surface area (TPSA) is 40.1 Å². The molecule has 0 aromatic rings. The minimum Gasteiger partial charge on any atom is -0.550 e. The Labute approximate surface area is 194 Å². The van der Waals surface area contributed by atoms with E-state index < -0.39 is 5.97 Å².